The highest BCUT2D eigenvalue weighted by Crippen LogP contribution is 2.36. The molecule has 0 amide bonds. The number of esters is 1. The van der Waals surface area contributed by atoms with Crippen LogP contribution in [0.1, 0.15) is 11.1 Å². The molecule has 2 aromatic carbocycles. The second-order valence-electron chi connectivity index (χ2n) is 5.23. The second-order valence-corrected chi connectivity index (χ2v) is 7.32. The largest absolute Gasteiger partial charge is 0.466 e. The number of ether oxygens (including phenoxy) is 1. The lowest BCUT2D eigenvalue weighted by atomic mass is 10.2. The van der Waals surface area contributed by atoms with E-state index < -0.39 is 32.8 Å². The van der Waals surface area contributed by atoms with E-state index >= 15 is 0 Å². The maximum atomic E-state index is 12.9. The highest BCUT2D eigenvalue weighted by Gasteiger charge is 2.33. The molecule has 0 fully saturated rings. The maximum Gasteiger partial charge on any atom is 0.417 e. The van der Waals surface area contributed by atoms with Gasteiger partial charge >= 0.3 is 12.1 Å². The van der Waals surface area contributed by atoms with Gasteiger partial charge in [0.2, 0.25) is 0 Å². The average Bonchev–Trinajstić information content (AvgIpc) is 2.60. The standard InChI is InChI=1S/C17H13ClF3NO4S/c1-26-16(23)8-5-11-3-2-4-13(9-11)27(24,25)22-12-6-7-15(18)14(10-12)17(19,20)21/h2-10,22H,1H3/b8-5+. The number of carbonyl (C=O) groups excluding carboxylic acids is 1. The first-order valence-corrected chi connectivity index (χ1v) is 9.15. The first kappa shape index (κ1) is 20.8. The number of rotatable bonds is 5. The number of hydrogen-bond acceptors (Lipinski definition) is 4. The predicted molar refractivity (Wildman–Crippen MR) is 94.8 cm³/mol. The summed E-state index contributed by atoms with van der Waals surface area (Å²) in [4.78, 5) is 10.9. The molecule has 0 atom stereocenters. The van der Waals surface area contributed by atoms with Gasteiger partial charge in [-0.15, -0.1) is 0 Å². The third-order valence-corrected chi connectivity index (χ3v) is 5.01. The van der Waals surface area contributed by atoms with Gasteiger partial charge in [-0.05, 0) is 42.0 Å². The smallest absolute Gasteiger partial charge is 0.417 e. The first-order valence-electron chi connectivity index (χ1n) is 7.28. The molecule has 2 rings (SSSR count). The van der Waals surface area contributed by atoms with E-state index in [2.05, 4.69) is 9.46 Å². The average molecular weight is 420 g/mol. The Morgan fingerprint density at radius 1 is 1.19 bits per heavy atom. The molecule has 0 aliphatic heterocycles. The second kappa shape index (κ2) is 8.01. The molecule has 1 N–H and O–H groups in total. The van der Waals surface area contributed by atoms with Crippen molar-refractivity contribution < 1.29 is 31.1 Å². The van der Waals surface area contributed by atoms with Crippen molar-refractivity contribution in [1.29, 1.82) is 0 Å². The molecule has 2 aromatic rings. The monoisotopic (exact) mass is 419 g/mol. The predicted octanol–water partition coefficient (Wildman–Crippen LogP) is 4.35. The van der Waals surface area contributed by atoms with E-state index in [1.807, 2.05) is 0 Å². The number of nitrogens with one attached hydrogen (secondary N) is 1. The number of alkyl halides is 3. The number of benzene rings is 2. The van der Waals surface area contributed by atoms with Crippen LogP contribution in [0.5, 0.6) is 0 Å². The fourth-order valence-corrected chi connectivity index (χ4v) is 3.37. The quantitative estimate of drug-likeness (QED) is 0.578. The van der Waals surface area contributed by atoms with Gasteiger partial charge in [0.05, 0.1) is 22.6 Å². The van der Waals surface area contributed by atoms with Gasteiger partial charge in [-0.3, -0.25) is 4.72 Å². The molecule has 0 aliphatic rings. The van der Waals surface area contributed by atoms with Crippen LogP contribution in [0.2, 0.25) is 5.02 Å². The van der Waals surface area contributed by atoms with Gasteiger partial charge < -0.3 is 4.74 Å². The molecular formula is C17H13ClF3NO4S. The van der Waals surface area contributed by atoms with Gasteiger partial charge in [-0.2, -0.15) is 13.2 Å². The molecule has 0 bridgehead atoms. The zero-order valence-electron chi connectivity index (χ0n) is 13.7. The number of sulfonamides is 1. The summed E-state index contributed by atoms with van der Waals surface area (Å²) in [6.45, 7) is 0. The fourth-order valence-electron chi connectivity index (χ4n) is 2.04. The molecule has 10 heteroatoms. The summed E-state index contributed by atoms with van der Waals surface area (Å²) >= 11 is 5.52. The van der Waals surface area contributed by atoms with Crippen LogP contribution in [0.4, 0.5) is 18.9 Å². The molecular weight excluding hydrogens is 407 g/mol. The van der Waals surface area contributed by atoms with E-state index in [0.717, 1.165) is 18.2 Å². The van der Waals surface area contributed by atoms with Crippen LogP contribution >= 0.6 is 11.6 Å². The summed E-state index contributed by atoms with van der Waals surface area (Å²) in [5.74, 6) is -0.623. The Morgan fingerprint density at radius 3 is 2.52 bits per heavy atom. The van der Waals surface area contributed by atoms with Gasteiger partial charge in [0.15, 0.2) is 0 Å². The lowest BCUT2D eigenvalue weighted by molar-refractivity contribution is -0.137. The van der Waals surface area contributed by atoms with E-state index in [4.69, 9.17) is 11.6 Å². The van der Waals surface area contributed by atoms with Gasteiger partial charge in [0.25, 0.3) is 10.0 Å². The maximum absolute atomic E-state index is 12.9. The van der Waals surface area contributed by atoms with Crippen molar-refractivity contribution in [2.45, 2.75) is 11.1 Å². The van der Waals surface area contributed by atoms with Crippen LogP contribution in [0.15, 0.2) is 53.4 Å². The molecule has 0 aliphatic carbocycles. The van der Waals surface area contributed by atoms with Gasteiger partial charge in [-0.25, -0.2) is 13.2 Å². The van der Waals surface area contributed by atoms with Crippen LogP contribution in [0.3, 0.4) is 0 Å². The summed E-state index contributed by atoms with van der Waals surface area (Å²) < 4.78 is 70.1. The van der Waals surface area contributed by atoms with Crippen LogP contribution in [0, 0.1) is 0 Å². The molecule has 27 heavy (non-hydrogen) atoms. The summed E-state index contributed by atoms with van der Waals surface area (Å²) in [5.41, 5.74) is -1.06. The van der Waals surface area contributed by atoms with Crippen LogP contribution in [0.25, 0.3) is 6.08 Å². The molecule has 0 radical (unpaired) electrons. The third-order valence-electron chi connectivity index (χ3n) is 3.31. The minimum atomic E-state index is -4.73. The minimum absolute atomic E-state index is 0.196. The van der Waals surface area contributed by atoms with Crippen molar-refractivity contribution in [2.75, 3.05) is 11.8 Å². The number of methoxy groups -OCH3 is 1. The molecule has 0 aromatic heterocycles. The van der Waals surface area contributed by atoms with Crippen molar-refractivity contribution in [3.05, 3.63) is 64.7 Å². The summed E-state index contributed by atoms with van der Waals surface area (Å²) in [7, 11) is -2.97. The number of halogens is 4. The van der Waals surface area contributed by atoms with E-state index in [1.165, 1.54) is 31.4 Å². The van der Waals surface area contributed by atoms with Crippen LogP contribution < -0.4 is 4.72 Å². The van der Waals surface area contributed by atoms with Gasteiger partial charge in [0, 0.05) is 11.8 Å². The third kappa shape index (κ3) is 5.48. The Labute approximate surface area is 158 Å². The Bertz CT molecular complexity index is 988. The Balaban J connectivity index is 2.32. The van der Waals surface area contributed by atoms with Gasteiger partial charge in [-0.1, -0.05) is 23.7 Å². The molecule has 144 valence electrons. The zero-order chi connectivity index (χ0) is 20.2. The lowest BCUT2D eigenvalue weighted by Crippen LogP contribution is -2.14. The number of hydrogen-bond donors (Lipinski definition) is 1. The Kier molecular flexibility index (Phi) is 6.17. The molecule has 0 saturated carbocycles. The van der Waals surface area contributed by atoms with Crippen molar-refractivity contribution in [3.63, 3.8) is 0 Å². The summed E-state index contributed by atoms with van der Waals surface area (Å²) in [6.07, 6.45) is -2.28. The molecule has 0 saturated heterocycles. The molecule has 5 nitrogen and oxygen atoms in total. The highest BCUT2D eigenvalue weighted by atomic mass is 35.5. The Hall–Kier alpha value is -2.52. The van der Waals surface area contributed by atoms with Crippen molar-refractivity contribution in [1.82, 2.24) is 0 Å². The number of carbonyl (C=O) groups is 1. The normalized spacial score (nSPS) is 12.2. The number of anilines is 1. The van der Waals surface area contributed by atoms with Gasteiger partial charge in [0.1, 0.15) is 0 Å². The summed E-state index contributed by atoms with van der Waals surface area (Å²) in [6, 6.07) is 8.17. The minimum Gasteiger partial charge on any atom is -0.466 e. The Morgan fingerprint density at radius 2 is 1.89 bits per heavy atom. The highest BCUT2D eigenvalue weighted by molar-refractivity contribution is 7.92. The lowest BCUT2D eigenvalue weighted by Gasteiger charge is -2.13. The van der Waals surface area contributed by atoms with E-state index in [-0.39, 0.29) is 10.6 Å². The van der Waals surface area contributed by atoms with Crippen molar-refractivity contribution in [2.24, 2.45) is 0 Å². The summed E-state index contributed by atoms with van der Waals surface area (Å²) in [5, 5.41) is -0.541. The molecule has 0 unspecified atom stereocenters. The molecule has 0 heterocycles. The topological polar surface area (TPSA) is 72.5 Å². The molecule has 0 spiro atoms. The van der Waals surface area contributed by atoms with E-state index in [0.29, 0.717) is 11.6 Å². The van der Waals surface area contributed by atoms with Crippen molar-refractivity contribution in [3.8, 4) is 0 Å². The van der Waals surface area contributed by atoms with Crippen molar-refractivity contribution >= 4 is 39.4 Å². The van der Waals surface area contributed by atoms with E-state index in [1.54, 1.807) is 6.07 Å². The first-order chi connectivity index (χ1) is 12.5. The van der Waals surface area contributed by atoms with E-state index in [9.17, 15) is 26.4 Å². The zero-order valence-corrected chi connectivity index (χ0v) is 15.3. The SMILES string of the molecule is COC(=O)/C=C/c1cccc(S(=O)(=O)Nc2ccc(Cl)c(C(F)(F)F)c2)c1. The van der Waals surface area contributed by atoms with Crippen LogP contribution in [-0.2, 0) is 25.7 Å². The fraction of sp³-hybridized carbons (Fsp3) is 0.118. The van der Waals surface area contributed by atoms with Crippen LogP contribution in [-0.4, -0.2) is 21.5 Å².